The standard InChI is InChI=1S/C15H14BrN3O2/c1-17-14(20)11-4-2-10(3-5-11)9-19-15(21)12-6-7-18-13(16)8-12/h2-8H,9H2,1H3,(H,17,20)(H,19,21). The Morgan fingerprint density at radius 3 is 2.43 bits per heavy atom. The van der Waals surface area contributed by atoms with Gasteiger partial charge in [0.25, 0.3) is 11.8 Å². The predicted octanol–water partition coefficient (Wildman–Crippen LogP) is 2.13. The molecule has 0 radical (unpaired) electrons. The highest BCUT2D eigenvalue weighted by atomic mass is 79.9. The number of benzene rings is 1. The number of carbonyl (C=O) groups excluding carboxylic acids is 2. The number of nitrogens with one attached hydrogen (secondary N) is 2. The number of halogens is 1. The average Bonchev–Trinajstić information content (AvgIpc) is 2.52. The lowest BCUT2D eigenvalue weighted by atomic mass is 10.1. The highest BCUT2D eigenvalue weighted by Crippen LogP contribution is 2.09. The summed E-state index contributed by atoms with van der Waals surface area (Å²) >= 11 is 3.23. The molecule has 2 rings (SSSR count). The van der Waals surface area contributed by atoms with Crippen molar-refractivity contribution in [2.45, 2.75) is 6.54 Å². The minimum atomic E-state index is -0.173. The van der Waals surface area contributed by atoms with Crippen LogP contribution >= 0.6 is 15.9 Å². The number of aromatic nitrogens is 1. The lowest BCUT2D eigenvalue weighted by Gasteiger charge is -2.06. The molecule has 0 saturated heterocycles. The number of amides is 2. The molecule has 0 atom stereocenters. The molecule has 6 heteroatoms. The Balaban J connectivity index is 1.97. The van der Waals surface area contributed by atoms with Crippen LogP contribution in [0.25, 0.3) is 0 Å². The van der Waals surface area contributed by atoms with Crippen molar-refractivity contribution >= 4 is 27.7 Å². The van der Waals surface area contributed by atoms with E-state index in [2.05, 4.69) is 31.5 Å². The first-order chi connectivity index (χ1) is 10.1. The van der Waals surface area contributed by atoms with E-state index < -0.39 is 0 Å². The van der Waals surface area contributed by atoms with E-state index >= 15 is 0 Å². The Hall–Kier alpha value is -2.21. The first-order valence-corrected chi connectivity index (χ1v) is 7.10. The van der Waals surface area contributed by atoms with Crippen LogP contribution in [0.1, 0.15) is 26.3 Å². The molecule has 21 heavy (non-hydrogen) atoms. The molecule has 0 saturated carbocycles. The fourth-order valence-corrected chi connectivity index (χ4v) is 2.11. The number of hydrogen-bond donors (Lipinski definition) is 2. The van der Waals surface area contributed by atoms with E-state index in [1.807, 2.05) is 12.1 Å². The maximum atomic E-state index is 12.0. The van der Waals surface area contributed by atoms with Gasteiger partial charge in [0.05, 0.1) is 0 Å². The summed E-state index contributed by atoms with van der Waals surface area (Å²) in [6.07, 6.45) is 1.57. The number of carbonyl (C=O) groups is 2. The average molecular weight is 348 g/mol. The van der Waals surface area contributed by atoms with E-state index in [-0.39, 0.29) is 11.8 Å². The van der Waals surface area contributed by atoms with E-state index in [0.717, 1.165) is 5.56 Å². The Labute approximate surface area is 130 Å². The molecule has 1 aromatic carbocycles. The topological polar surface area (TPSA) is 71.1 Å². The van der Waals surface area contributed by atoms with Crippen molar-refractivity contribution in [3.05, 3.63) is 63.9 Å². The Bertz CT molecular complexity index is 656. The molecule has 2 aromatic rings. The van der Waals surface area contributed by atoms with Gasteiger partial charge in [-0.25, -0.2) is 4.98 Å². The third-order valence-electron chi connectivity index (χ3n) is 2.89. The summed E-state index contributed by atoms with van der Waals surface area (Å²) in [4.78, 5) is 27.4. The van der Waals surface area contributed by atoms with Crippen LogP contribution in [0.15, 0.2) is 47.2 Å². The zero-order chi connectivity index (χ0) is 15.2. The molecule has 2 amide bonds. The molecule has 1 aromatic heterocycles. The van der Waals surface area contributed by atoms with Crippen LogP contribution in [0.3, 0.4) is 0 Å². The summed E-state index contributed by atoms with van der Waals surface area (Å²) in [5, 5.41) is 5.38. The molecule has 0 aliphatic rings. The second-order valence-electron chi connectivity index (χ2n) is 4.33. The lowest BCUT2D eigenvalue weighted by molar-refractivity contribution is 0.0946. The van der Waals surface area contributed by atoms with E-state index in [9.17, 15) is 9.59 Å². The van der Waals surface area contributed by atoms with Crippen molar-refractivity contribution in [3.8, 4) is 0 Å². The van der Waals surface area contributed by atoms with Gasteiger partial charge in [-0.05, 0) is 45.8 Å². The SMILES string of the molecule is CNC(=O)c1ccc(CNC(=O)c2ccnc(Br)c2)cc1. The molecular weight excluding hydrogens is 334 g/mol. The number of hydrogen-bond acceptors (Lipinski definition) is 3. The van der Waals surface area contributed by atoms with Crippen molar-refractivity contribution in [2.75, 3.05) is 7.05 Å². The first kappa shape index (κ1) is 15.2. The van der Waals surface area contributed by atoms with Gasteiger partial charge >= 0.3 is 0 Å². The van der Waals surface area contributed by atoms with E-state index in [1.165, 1.54) is 0 Å². The van der Waals surface area contributed by atoms with Gasteiger partial charge in [0.1, 0.15) is 4.60 Å². The Morgan fingerprint density at radius 2 is 1.81 bits per heavy atom. The number of rotatable bonds is 4. The van der Waals surface area contributed by atoms with Gasteiger partial charge in [0, 0.05) is 30.9 Å². The number of pyridine rings is 1. The summed E-state index contributed by atoms with van der Waals surface area (Å²) in [5.74, 6) is -0.305. The van der Waals surface area contributed by atoms with Crippen LogP contribution in [0.5, 0.6) is 0 Å². The minimum absolute atomic E-state index is 0.132. The predicted molar refractivity (Wildman–Crippen MR) is 82.9 cm³/mol. The fraction of sp³-hybridized carbons (Fsp3) is 0.133. The molecular formula is C15H14BrN3O2. The fourth-order valence-electron chi connectivity index (χ4n) is 1.75. The van der Waals surface area contributed by atoms with Crippen LogP contribution in [0, 0.1) is 0 Å². The molecule has 0 aliphatic carbocycles. The van der Waals surface area contributed by atoms with Gasteiger partial charge in [-0.2, -0.15) is 0 Å². The monoisotopic (exact) mass is 347 g/mol. The maximum Gasteiger partial charge on any atom is 0.251 e. The molecule has 108 valence electrons. The second-order valence-corrected chi connectivity index (χ2v) is 5.14. The van der Waals surface area contributed by atoms with Crippen molar-refractivity contribution in [3.63, 3.8) is 0 Å². The van der Waals surface area contributed by atoms with Gasteiger partial charge < -0.3 is 10.6 Å². The minimum Gasteiger partial charge on any atom is -0.355 e. The summed E-state index contributed by atoms with van der Waals surface area (Å²) in [7, 11) is 1.59. The third kappa shape index (κ3) is 4.13. The van der Waals surface area contributed by atoms with Gasteiger partial charge in [0.2, 0.25) is 0 Å². The highest BCUT2D eigenvalue weighted by Gasteiger charge is 2.07. The summed E-state index contributed by atoms with van der Waals surface area (Å²) in [5.41, 5.74) is 2.05. The van der Waals surface area contributed by atoms with Crippen LogP contribution < -0.4 is 10.6 Å². The van der Waals surface area contributed by atoms with Gasteiger partial charge in [-0.1, -0.05) is 12.1 Å². The van der Waals surface area contributed by atoms with Gasteiger partial charge in [0.15, 0.2) is 0 Å². The first-order valence-electron chi connectivity index (χ1n) is 6.31. The Kier molecular flexibility index (Phi) is 5.05. The van der Waals surface area contributed by atoms with Crippen molar-refractivity contribution < 1.29 is 9.59 Å². The molecule has 0 fully saturated rings. The summed E-state index contributed by atoms with van der Waals surface area (Å²) in [6, 6.07) is 10.4. The van der Waals surface area contributed by atoms with Crippen LogP contribution in [-0.4, -0.2) is 23.8 Å². The maximum absolute atomic E-state index is 12.0. The van der Waals surface area contributed by atoms with E-state index in [0.29, 0.717) is 22.3 Å². The van der Waals surface area contributed by atoms with Crippen molar-refractivity contribution in [1.82, 2.24) is 15.6 Å². The van der Waals surface area contributed by atoms with E-state index in [4.69, 9.17) is 0 Å². The zero-order valence-corrected chi connectivity index (χ0v) is 13.0. The number of nitrogens with zero attached hydrogens (tertiary/aromatic N) is 1. The van der Waals surface area contributed by atoms with Crippen LogP contribution in [0.2, 0.25) is 0 Å². The molecule has 2 N–H and O–H groups in total. The van der Waals surface area contributed by atoms with Crippen LogP contribution in [-0.2, 0) is 6.54 Å². The largest absolute Gasteiger partial charge is 0.355 e. The highest BCUT2D eigenvalue weighted by molar-refractivity contribution is 9.10. The van der Waals surface area contributed by atoms with Gasteiger partial charge in [-0.15, -0.1) is 0 Å². The molecule has 1 heterocycles. The molecule has 5 nitrogen and oxygen atoms in total. The van der Waals surface area contributed by atoms with Crippen molar-refractivity contribution in [1.29, 1.82) is 0 Å². The molecule has 0 aliphatic heterocycles. The zero-order valence-electron chi connectivity index (χ0n) is 11.4. The second kappa shape index (κ2) is 6.99. The summed E-state index contributed by atoms with van der Waals surface area (Å²) in [6.45, 7) is 0.396. The summed E-state index contributed by atoms with van der Waals surface area (Å²) < 4.78 is 0.616. The third-order valence-corrected chi connectivity index (χ3v) is 3.32. The Morgan fingerprint density at radius 1 is 1.10 bits per heavy atom. The van der Waals surface area contributed by atoms with Gasteiger partial charge in [-0.3, -0.25) is 9.59 Å². The molecule has 0 spiro atoms. The normalized spacial score (nSPS) is 10.0. The molecule has 0 bridgehead atoms. The quantitative estimate of drug-likeness (QED) is 0.832. The van der Waals surface area contributed by atoms with Crippen LogP contribution in [0.4, 0.5) is 0 Å². The smallest absolute Gasteiger partial charge is 0.251 e. The van der Waals surface area contributed by atoms with E-state index in [1.54, 1.807) is 37.5 Å². The lowest BCUT2D eigenvalue weighted by Crippen LogP contribution is -2.23. The van der Waals surface area contributed by atoms with Crippen molar-refractivity contribution in [2.24, 2.45) is 0 Å². The molecule has 0 unspecified atom stereocenters.